The number of pyridine rings is 1. The van der Waals surface area contributed by atoms with E-state index < -0.39 is 0 Å². The molecule has 0 radical (unpaired) electrons. The average molecular weight is 244 g/mol. The van der Waals surface area contributed by atoms with Crippen LogP contribution in [-0.4, -0.2) is 30.7 Å². The van der Waals surface area contributed by atoms with E-state index in [-0.39, 0.29) is 0 Å². The quantitative estimate of drug-likeness (QED) is 0.879. The van der Waals surface area contributed by atoms with Gasteiger partial charge in [-0.05, 0) is 38.4 Å². The van der Waals surface area contributed by atoms with Crippen LogP contribution < -0.4 is 10.2 Å². The molecule has 1 aromatic heterocycles. The molecule has 4 heteroatoms. The largest absolute Gasteiger partial charge is 0.369 e. The van der Waals surface area contributed by atoms with E-state index in [0.717, 1.165) is 25.3 Å². The van der Waals surface area contributed by atoms with Crippen molar-refractivity contribution in [2.75, 3.05) is 24.5 Å². The van der Waals surface area contributed by atoms with Crippen LogP contribution >= 0.6 is 0 Å². The second kappa shape index (κ2) is 6.36. The minimum Gasteiger partial charge on any atom is -0.369 e. The second-order valence-corrected chi connectivity index (χ2v) is 4.70. The molecule has 1 fully saturated rings. The van der Waals surface area contributed by atoms with E-state index in [0.29, 0.717) is 11.7 Å². The van der Waals surface area contributed by atoms with Gasteiger partial charge in [0.25, 0.3) is 0 Å². The van der Waals surface area contributed by atoms with Crippen LogP contribution in [0.25, 0.3) is 0 Å². The van der Waals surface area contributed by atoms with Gasteiger partial charge in [-0.15, -0.1) is 0 Å². The Balaban J connectivity index is 2.00. The van der Waals surface area contributed by atoms with Crippen molar-refractivity contribution in [1.82, 2.24) is 10.3 Å². The summed E-state index contributed by atoms with van der Waals surface area (Å²) in [6, 6.07) is 6.40. The molecule has 0 amide bonds. The summed E-state index contributed by atoms with van der Waals surface area (Å²) in [7, 11) is 0. The number of rotatable bonds is 4. The molecule has 4 nitrogen and oxygen atoms in total. The average Bonchev–Trinajstić information content (AvgIpc) is 2.46. The number of nitrogens with zero attached hydrogens (tertiary/aromatic N) is 3. The smallest absolute Gasteiger partial charge is 0.140 e. The lowest BCUT2D eigenvalue weighted by atomic mass is 10.0. The number of hydrogen-bond acceptors (Lipinski definition) is 4. The molecule has 1 N–H and O–H groups in total. The molecule has 0 aromatic carbocycles. The molecule has 2 rings (SSSR count). The molecular weight excluding hydrogens is 224 g/mol. The van der Waals surface area contributed by atoms with Crippen molar-refractivity contribution < 1.29 is 0 Å². The van der Waals surface area contributed by atoms with Crippen molar-refractivity contribution in [1.29, 1.82) is 5.26 Å². The molecule has 1 aromatic rings. The molecule has 0 spiro atoms. The maximum atomic E-state index is 8.75. The second-order valence-electron chi connectivity index (χ2n) is 4.70. The zero-order valence-corrected chi connectivity index (χ0v) is 10.9. The lowest BCUT2D eigenvalue weighted by Gasteiger charge is -2.31. The fraction of sp³-hybridized carbons (Fsp3) is 0.571. The van der Waals surface area contributed by atoms with Crippen molar-refractivity contribution in [2.24, 2.45) is 0 Å². The summed E-state index contributed by atoms with van der Waals surface area (Å²) in [5.74, 6) is 0. The van der Waals surface area contributed by atoms with Gasteiger partial charge in [0.1, 0.15) is 11.8 Å². The van der Waals surface area contributed by atoms with Gasteiger partial charge in [0, 0.05) is 19.1 Å². The lowest BCUT2D eigenvalue weighted by molar-refractivity contribution is 0.400. The third-order valence-corrected chi connectivity index (χ3v) is 3.46. The molecule has 1 aliphatic rings. The number of nitrogens with one attached hydrogen (secondary N) is 1. The highest BCUT2D eigenvalue weighted by atomic mass is 15.2. The van der Waals surface area contributed by atoms with Gasteiger partial charge in [0.05, 0.1) is 11.9 Å². The third kappa shape index (κ3) is 3.21. The monoisotopic (exact) mass is 244 g/mol. The summed E-state index contributed by atoms with van der Waals surface area (Å²) in [5, 5.41) is 12.3. The summed E-state index contributed by atoms with van der Waals surface area (Å²) in [6.07, 6.45) is 5.66. The molecule has 96 valence electrons. The fourth-order valence-corrected chi connectivity index (χ4v) is 2.40. The first-order valence-corrected chi connectivity index (χ1v) is 6.68. The van der Waals surface area contributed by atoms with E-state index in [1.807, 2.05) is 6.07 Å². The van der Waals surface area contributed by atoms with Gasteiger partial charge < -0.3 is 10.2 Å². The fourth-order valence-electron chi connectivity index (χ4n) is 2.40. The van der Waals surface area contributed by atoms with Crippen LogP contribution in [0.4, 0.5) is 5.69 Å². The molecule has 2 heterocycles. The first-order chi connectivity index (χ1) is 8.83. The van der Waals surface area contributed by atoms with Crippen molar-refractivity contribution >= 4 is 5.69 Å². The maximum Gasteiger partial charge on any atom is 0.140 e. The summed E-state index contributed by atoms with van der Waals surface area (Å²) in [6.45, 7) is 5.27. The van der Waals surface area contributed by atoms with Gasteiger partial charge in [-0.25, -0.2) is 4.98 Å². The number of hydrogen-bond donors (Lipinski definition) is 1. The Labute approximate surface area is 109 Å². The van der Waals surface area contributed by atoms with E-state index in [9.17, 15) is 0 Å². The Kier molecular flexibility index (Phi) is 4.54. The van der Waals surface area contributed by atoms with Gasteiger partial charge in [-0.2, -0.15) is 5.26 Å². The van der Waals surface area contributed by atoms with Crippen LogP contribution in [0.1, 0.15) is 31.9 Å². The highest BCUT2D eigenvalue weighted by Crippen LogP contribution is 2.16. The van der Waals surface area contributed by atoms with E-state index in [4.69, 9.17) is 5.26 Å². The molecule has 1 unspecified atom stereocenters. The summed E-state index contributed by atoms with van der Waals surface area (Å²) in [4.78, 5) is 6.45. The van der Waals surface area contributed by atoms with Crippen molar-refractivity contribution in [3.63, 3.8) is 0 Å². The number of nitriles is 1. The van der Waals surface area contributed by atoms with Crippen LogP contribution in [0.15, 0.2) is 18.3 Å². The summed E-state index contributed by atoms with van der Waals surface area (Å²) >= 11 is 0. The standard InChI is InChI=1S/C14H20N4/c1-2-18(11-13-5-3-4-8-16-13)14-7-6-12(9-15)17-10-14/h6-7,10,13,16H,2-5,8,11H2,1H3. The lowest BCUT2D eigenvalue weighted by Crippen LogP contribution is -2.43. The predicted molar refractivity (Wildman–Crippen MR) is 72.5 cm³/mol. The van der Waals surface area contributed by atoms with Crippen LogP contribution in [0, 0.1) is 11.3 Å². The van der Waals surface area contributed by atoms with E-state index in [1.54, 1.807) is 12.3 Å². The van der Waals surface area contributed by atoms with Crippen molar-refractivity contribution in [2.45, 2.75) is 32.2 Å². The van der Waals surface area contributed by atoms with Gasteiger partial charge in [-0.1, -0.05) is 6.42 Å². The van der Waals surface area contributed by atoms with Gasteiger partial charge in [0.2, 0.25) is 0 Å². The van der Waals surface area contributed by atoms with Gasteiger partial charge in [0.15, 0.2) is 0 Å². The third-order valence-electron chi connectivity index (χ3n) is 3.46. The first-order valence-electron chi connectivity index (χ1n) is 6.68. The molecule has 0 aliphatic carbocycles. The zero-order chi connectivity index (χ0) is 12.8. The highest BCUT2D eigenvalue weighted by Gasteiger charge is 2.16. The minimum absolute atomic E-state index is 0.477. The summed E-state index contributed by atoms with van der Waals surface area (Å²) in [5.41, 5.74) is 1.58. The van der Waals surface area contributed by atoms with E-state index >= 15 is 0 Å². The number of anilines is 1. The Morgan fingerprint density at radius 3 is 2.94 bits per heavy atom. The Hall–Kier alpha value is -1.60. The van der Waals surface area contributed by atoms with Gasteiger partial charge >= 0.3 is 0 Å². The van der Waals surface area contributed by atoms with Gasteiger partial charge in [-0.3, -0.25) is 0 Å². The van der Waals surface area contributed by atoms with Crippen LogP contribution in [0.3, 0.4) is 0 Å². The first kappa shape index (κ1) is 12.8. The molecule has 0 saturated carbocycles. The van der Waals surface area contributed by atoms with Crippen LogP contribution in [0.5, 0.6) is 0 Å². The highest BCUT2D eigenvalue weighted by molar-refractivity contribution is 5.45. The van der Waals surface area contributed by atoms with E-state index in [1.165, 1.54) is 19.3 Å². The molecule has 18 heavy (non-hydrogen) atoms. The summed E-state index contributed by atoms with van der Waals surface area (Å²) < 4.78 is 0. The Bertz CT molecular complexity index is 401. The molecule has 1 saturated heterocycles. The van der Waals surface area contributed by atoms with Crippen LogP contribution in [0.2, 0.25) is 0 Å². The Morgan fingerprint density at radius 1 is 1.50 bits per heavy atom. The number of aromatic nitrogens is 1. The number of piperidine rings is 1. The minimum atomic E-state index is 0.477. The van der Waals surface area contributed by atoms with Crippen LogP contribution in [-0.2, 0) is 0 Å². The molecule has 1 atom stereocenters. The molecule has 0 bridgehead atoms. The van der Waals surface area contributed by atoms with E-state index in [2.05, 4.69) is 28.2 Å². The SMILES string of the molecule is CCN(CC1CCCCN1)c1ccc(C#N)nc1. The number of likely N-dealkylation sites (N-methyl/N-ethyl adjacent to an activating group) is 1. The normalized spacial score (nSPS) is 19.2. The maximum absolute atomic E-state index is 8.75. The Morgan fingerprint density at radius 2 is 2.39 bits per heavy atom. The van der Waals surface area contributed by atoms with Crippen molar-refractivity contribution in [3.05, 3.63) is 24.0 Å². The van der Waals surface area contributed by atoms with Crippen molar-refractivity contribution in [3.8, 4) is 6.07 Å². The molecular formula is C14H20N4. The zero-order valence-electron chi connectivity index (χ0n) is 10.9. The predicted octanol–water partition coefficient (Wildman–Crippen LogP) is 1.92. The topological polar surface area (TPSA) is 52.0 Å². The molecule has 1 aliphatic heterocycles.